The van der Waals surface area contributed by atoms with Gasteiger partial charge in [-0.3, -0.25) is 4.79 Å². The lowest BCUT2D eigenvalue weighted by molar-refractivity contribution is -0.122. The summed E-state index contributed by atoms with van der Waals surface area (Å²) in [7, 11) is 0. The smallest absolute Gasteiger partial charge is 0.247 e. The molecule has 0 spiro atoms. The van der Waals surface area contributed by atoms with Crippen LogP contribution < -0.4 is 11.1 Å². The highest BCUT2D eigenvalue weighted by molar-refractivity contribution is 5.89. The molecule has 0 radical (unpaired) electrons. The van der Waals surface area contributed by atoms with Crippen molar-refractivity contribution in [3.05, 3.63) is 59.7 Å². The first-order valence-electron chi connectivity index (χ1n) is 6.93. The number of rotatable bonds is 5. The highest BCUT2D eigenvalue weighted by Gasteiger charge is 2.37. The fourth-order valence-corrected chi connectivity index (χ4v) is 2.43. The molecule has 0 saturated heterocycles. The number of phenolic OH excluding ortho intramolecular Hbond substituents is 1. The summed E-state index contributed by atoms with van der Waals surface area (Å²) in [6.45, 7) is 3.88. The largest absolute Gasteiger partial charge is 0.508 e. The highest BCUT2D eigenvalue weighted by atomic mass is 16.3. The topological polar surface area (TPSA) is 75.3 Å². The van der Waals surface area contributed by atoms with Gasteiger partial charge in [-0.2, -0.15) is 0 Å². The van der Waals surface area contributed by atoms with Gasteiger partial charge < -0.3 is 16.2 Å². The average molecular weight is 284 g/mol. The zero-order valence-electron chi connectivity index (χ0n) is 12.3. The Balaban J connectivity index is 2.50. The Kier molecular flexibility index (Phi) is 4.17. The molecule has 2 aromatic rings. The van der Waals surface area contributed by atoms with Gasteiger partial charge in [0.15, 0.2) is 0 Å². The summed E-state index contributed by atoms with van der Waals surface area (Å²) in [5, 5.41) is 12.7. The molecule has 110 valence electrons. The number of hydrogen-bond acceptors (Lipinski definition) is 3. The van der Waals surface area contributed by atoms with E-state index in [2.05, 4.69) is 5.32 Å². The summed E-state index contributed by atoms with van der Waals surface area (Å²) < 4.78 is 0. The van der Waals surface area contributed by atoms with E-state index in [4.69, 9.17) is 5.73 Å². The lowest BCUT2D eigenvalue weighted by Crippen LogP contribution is -2.47. The summed E-state index contributed by atoms with van der Waals surface area (Å²) in [6.07, 6.45) is 0.501. The van der Waals surface area contributed by atoms with Crippen molar-refractivity contribution in [1.29, 1.82) is 0 Å². The number of phenols is 1. The minimum absolute atomic E-state index is 0.157. The molecule has 0 saturated carbocycles. The van der Waals surface area contributed by atoms with Gasteiger partial charge in [-0.25, -0.2) is 0 Å². The molecule has 21 heavy (non-hydrogen) atoms. The van der Waals surface area contributed by atoms with Gasteiger partial charge in [0.1, 0.15) is 11.3 Å². The molecule has 4 nitrogen and oxygen atoms in total. The van der Waals surface area contributed by atoms with Crippen LogP contribution in [-0.2, 0) is 10.3 Å². The number of nitrogens with two attached hydrogens (primary N) is 1. The van der Waals surface area contributed by atoms with Crippen LogP contribution in [0.5, 0.6) is 5.75 Å². The first-order valence-corrected chi connectivity index (χ1v) is 6.93. The molecule has 1 unspecified atom stereocenters. The van der Waals surface area contributed by atoms with Crippen LogP contribution in [0, 0.1) is 6.92 Å². The van der Waals surface area contributed by atoms with E-state index in [9.17, 15) is 9.90 Å². The first-order chi connectivity index (χ1) is 9.99. The van der Waals surface area contributed by atoms with E-state index in [1.165, 1.54) is 0 Å². The Hall–Kier alpha value is -2.49. The molecular weight excluding hydrogens is 264 g/mol. The number of hydrogen-bond donors (Lipinski definition) is 3. The summed E-state index contributed by atoms with van der Waals surface area (Å²) in [6, 6.07) is 14.3. The molecule has 2 aromatic carbocycles. The van der Waals surface area contributed by atoms with Crippen LogP contribution >= 0.6 is 0 Å². The lowest BCUT2D eigenvalue weighted by atomic mass is 9.85. The quantitative estimate of drug-likeness (QED) is 0.790. The molecule has 0 aliphatic carbocycles. The number of anilines is 1. The second-order valence-electron chi connectivity index (χ2n) is 5.11. The molecule has 0 aromatic heterocycles. The number of primary amides is 1. The van der Waals surface area contributed by atoms with E-state index in [1.807, 2.05) is 38.1 Å². The standard InChI is InChI=1S/C17H20N2O2/c1-3-17(16(18)21,13-8-10-14(20)11-9-13)19-15-7-5-4-6-12(15)2/h4-11,19-20H,3H2,1-2H3,(H2,18,21). The van der Waals surface area contributed by atoms with Crippen molar-refractivity contribution in [2.45, 2.75) is 25.8 Å². The molecule has 4 N–H and O–H groups in total. The number of aryl methyl sites for hydroxylation is 1. The van der Waals surface area contributed by atoms with Crippen molar-refractivity contribution in [3.8, 4) is 5.75 Å². The van der Waals surface area contributed by atoms with Crippen LogP contribution in [0.4, 0.5) is 5.69 Å². The number of carbonyl (C=O) groups excluding carboxylic acids is 1. The van der Waals surface area contributed by atoms with Crippen molar-refractivity contribution >= 4 is 11.6 Å². The summed E-state index contributed by atoms with van der Waals surface area (Å²) in [5.41, 5.74) is 7.33. The monoisotopic (exact) mass is 284 g/mol. The van der Waals surface area contributed by atoms with Gasteiger partial charge in [-0.15, -0.1) is 0 Å². The lowest BCUT2D eigenvalue weighted by Gasteiger charge is -2.33. The summed E-state index contributed by atoms with van der Waals surface area (Å²) in [4.78, 5) is 12.2. The van der Waals surface area contributed by atoms with Crippen molar-refractivity contribution in [2.24, 2.45) is 5.73 Å². The normalized spacial score (nSPS) is 13.4. The van der Waals surface area contributed by atoms with Crippen molar-refractivity contribution in [1.82, 2.24) is 0 Å². The third kappa shape index (κ3) is 2.84. The van der Waals surface area contributed by atoms with Gasteiger partial charge in [0, 0.05) is 5.69 Å². The minimum Gasteiger partial charge on any atom is -0.508 e. The van der Waals surface area contributed by atoms with Gasteiger partial charge in [0.05, 0.1) is 0 Å². The van der Waals surface area contributed by atoms with Crippen LogP contribution in [0.15, 0.2) is 48.5 Å². The summed E-state index contributed by atoms with van der Waals surface area (Å²) in [5.74, 6) is -0.289. The van der Waals surface area contributed by atoms with Crippen molar-refractivity contribution < 1.29 is 9.90 Å². The molecular formula is C17H20N2O2. The van der Waals surface area contributed by atoms with E-state index < -0.39 is 11.4 Å². The number of nitrogens with one attached hydrogen (secondary N) is 1. The maximum absolute atomic E-state index is 12.2. The van der Waals surface area contributed by atoms with Gasteiger partial charge in [0.25, 0.3) is 0 Å². The molecule has 1 atom stereocenters. The van der Waals surface area contributed by atoms with Crippen molar-refractivity contribution in [2.75, 3.05) is 5.32 Å². The molecule has 1 amide bonds. The van der Waals surface area contributed by atoms with Gasteiger partial charge in [-0.05, 0) is 42.7 Å². The highest BCUT2D eigenvalue weighted by Crippen LogP contribution is 2.32. The predicted molar refractivity (Wildman–Crippen MR) is 84.1 cm³/mol. The Labute approximate surface area is 124 Å². The molecule has 0 aliphatic heterocycles. The number of amides is 1. The number of para-hydroxylation sites is 1. The van der Waals surface area contributed by atoms with Crippen LogP contribution in [0.1, 0.15) is 24.5 Å². The predicted octanol–water partition coefficient (Wildman–Crippen LogP) is 2.90. The maximum Gasteiger partial charge on any atom is 0.247 e. The second kappa shape index (κ2) is 5.87. The minimum atomic E-state index is -1.00. The van der Waals surface area contributed by atoms with Crippen molar-refractivity contribution in [3.63, 3.8) is 0 Å². The van der Waals surface area contributed by atoms with Gasteiger partial charge in [-0.1, -0.05) is 37.3 Å². The SMILES string of the molecule is CCC(Nc1ccccc1C)(C(N)=O)c1ccc(O)cc1. The molecule has 0 fully saturated rings. The second-order valence-corrected chi connectivity index (χ2v) is 5.11. The van der Waals surface area contributed by atoms with Crippen LogP contribution in [0.3, 0.4) is 0 Å². The van der Waals surface area contributed by atoms with Crippen LogP contribution in [-0.4, -0.2) is 11.0 Å². The Morgan fingerprint density at radius 2 is 1.81 bits per heavy atom. The van der Waals surface area contributed by atoms with E-state index in [-0.39, 0.29) is 5.75 Å². The molecule has 4 heteroatoms. The van der Waals surface area contributed by atoms with Gasteiger partial charge in [0.2, 0.25) is 5.91 Å². The zero-order valence-corrected chi connectivity index (χ0v) is 12.3. The maximum atomic E-state index is 12.2. The van der Waals surface area contributed by atoms with Gasteiger partial charge >= 0.3 is 0 Å². The fourth-order valence-electron chi connectivity index (χ4n) is 2.43. The third-order valence-electron chi connectivity index (χ3n) is 3.80. The Bertz CT molecular complexity index is 637. The Morgan fingerprint density at radius 3 is 2.33 bits per heavy atom. The average Bonchev–Trinajstić information content (AvgIpc) is 2.47. The molecule has 0 heterocycles. The Morgan fingerprint density at radius 1 is 1.19 bits per heavy atom. The number of aromatic hydroxyl groups is 1. The third-order valence-corrected chi connectivity index (χ3v) is 3.80. The first kappa shape index (κ1) is 14.9. The number of benzene rings is 2. The zero-order chi connectivity index (χ0) is 15.5. The fraction of sp³-hybridized carbons (Fsp3) is 0.235. The van der Waals surface area contributed by atoms with E-state index in [1.54, 1.807) is 24.3 Å². The van der Waals surface area contributed by atoms with E-state index in [0.29, 0.717) is 6.42 Å². The number of carbonyl (C=O) groups is 1. The van der Waals surface area contributed by atoms with Crippen LogP contribution in [0.2, 0.25) is 0 Å². The summed E-state index contributed by atoms with van der Waals surface area (Å²) >= 11 is 0. The molecule has 2 rings (SSSR count). The molecule has 0 aliphatic rings. The molecule has 0 bridgehead atoms. The van der Waals surface area contributed by atoms with Crippen LogP contribution in [0.25, 0.3) is 0 Å². The van der Waals surface area contributed by atoms with E-state index >= 15 is 0 Å². The van der Waals surface area contributed by atoms with E-state index in [0.717, 1.165) is 16.8 Å².